The lowest BCUT2D eigenvalue weighted by molar-refractivity contribution is -0.0499. The fraction of sp³-hybridized carbons (Fsp3) is 0.364. The van der Waals surface area contributed by atoms with Crippen molar-refractivity contribution in [3.05, 3.63) is 95.6 Å². The number of halogens is 1. The molecular formula is C33H37IN4O5S2. The van der Waals surface area contributed by atoms with Gasteiger partial charge in [0.05, 0.1) is 39.9 Å². The molecule has 1 fully saturated rings. The molecule has 3 aromatic rings. The maximum Gasteiger partial charge on any atom is 0.211 e. The lowest BCUT2D eigenvalue weighted by atomic mass is 9.80. The lowest BCUT2D eigenvalue weighted by Gasteiger charge is -2.37. The number of hydrogen-bond acceptors (Lipinski definition) is 11. The zero-order valence-corrected chi connectivity index (χ0v) is 29.1. The van der Waals surface area contributed by atoms with Crippen molar-refractivity contribution in [3.8, 4) is 11.5 Å². The molecule has 2 atom stereocenters. The number of methoxy groups -OCH3 is 2. The lowest BCUT2D eigenvalue weighted by Crippen LogP contribution is -2.35. The third-order valence-corrected chi connectivity index (χ3v) is 10.1. The van der Waals surface area contributed by atoms with Gasteiger partial charge in [-0.05, 0) is 87.0 Å². The van der Waals surface area contributed by atoms with Gasteiger partial charge in [-0.3, -0.25) is 14.3 Å². The Bertz CT molecular complexity index is 1380. The van der Waals surface area contributed by atoms with Gasteiger partial charge in [0.1, 0.15) is 42.1 Å². The molecule has 0 N–H and O–H groups in total. The first kappa shape index (κ1) is 33.6. The molecule has 0 radical (unpaired) electrons. The Morgan fingerprint density at radius 3 is 2.20 bits per heavy atom. The predicted octanol–water partition coefficient (Wildman–Crippen LogP) is 6.99. The van der Waals surface area contributed by atoms with Crippen LogP contribution in [-0.4, -0.2) is 80.8 Å². The summed E-state index contributed by atoms with van der Waals surface area (Å²) in [5.41, 5.74) is 2.08. The summed E-state index contributed by atoms with van der Waals surface area (Å²) >= 11 is 3.84. The highest BCUT2D eigenvalue weighted by molar-refractivity contribution is 14.2. The number of benzene rings is 3. The highest BCUT2D eigenvalue weighted by Crippen LogP contribution is 2.42. The Hall–Kier alpha value is -2.78. The van der Waals surface area contributed by atoms with Crippen LogP contribution in [0.1, 0.15) is 29.5 Å². The van der Waals surface area contributed by atoms with Gasteiger partial charge in [0, 0.05) is 5.75 Å². The largest absolute Gasteiger partial charge is 0.497 e. The Balaban J connectivity index is 1.31. The molecule has 0 aromatic heterocycles. The number of ether oxygens (including phenoxy) is 5. The van der Waals surface area contributed by atoms with Crippen LogP contribution in [0.2, 0.25) is 0 Å². The van der Waals surface area contributed by atoms with Crippen molar-refractivity contribution in [2.45, 2.75) is 30.0 Å². The van der Waals surface area contributed by atoms with E-state index in [1.807, 2.05) is 46.8 Å². The summed E-state index contributed by atoms with van der Waals surface area (Å²) in [6, 6.07) is 26.5. The molecule has 0 aliphatic carbocycles. The highest BCUT2D eigenvalue weighted by atomic mass is 127. The van der Waals surface area contributed by atoms with Gasteiger partial charge in [-0.25, -0.2) is 4.99 Å². The van der Waals surface area contributed by atoms with E-state index < -0.39 is 5.60 Å². The summed E-state index contributed by atoms with van der Waals surface area (Å²) in [5.74, 6) is 3.02. The predicted molar refractivity (Wildman–Crippen MR) is 192 cm³/mol. The Morgan fingerprint density at radius 2 is 1.56 bits per heavy atom. The van der Waals surface area contributed by atoms with E-state index >= 15 is 0 Å². The van der Waals surface area contributed by atoms with E-state index in [1.54, 1.807) is 47.8 Å². The zero-order chi connectivity index (χ0) is 31.3. The Morgan fingerprint density at radius 1 is 0.889 bits per heavy atom. The van der Waals surface area contributed by atoms with Crippen molar-refractivity contribution in [2.75, 3.05) is 46.4 Å². The van der Waals surface area contributed by atoms with Crippen LogP contribution in [-0.2, 0) is 19.8 Å². The molecule has 0 unspecified atom stereocenters. The monoisotopic (exact) mass is 760 g/mol. The van der Waals surface area contributed by atoms with Gasteiger partial charge in [-0.1, -0.05) is 63.5 Å². The zero-order valence-electron chi connectivity index (χ0n) is 25.3. The van der Waals surface area contributed by atoms with Gasteiger partial charge in [0.2, 0.25) is 5.90 Å². The second-order valence-electron chi connectivity index (χ2n) is 10.2. The van der Waals surface area contributed by atoms with Crippen LogP contribution in [0.5, 0.6) is 11.5 Å². The van der Waals surface area contributed by atoms with Crippen LogP contribution in [0, 0.1) is 0 Å². The van der Waals surface area contributed by atoms with Gasteiger partial charge in [-0.15, -0.1) is 0 Å². The molecule has 0 spiro atoms. The first-order chi connectivity index (χ1) is 22.1. The third-order valence-electron chi connectivity index (χ3n) is 7.35. The van der Waals surface area contributed by atoms with Crippen molar-refractivity contribution in [2.24, 2.45) is 15.0 Å². The number of aliphatic imine (C=N–C) groups is 3. The van der Waals surface area contributed by atoms with Crippen LogP contribution in [0.3, 0.4) is 0 Å². The molecule has 0 saturated carbocycles. The minimum atomic E-state index is -0.883. The van der Waals surface area contributed by atoms with E-state index in [4.69, 9.17) is 23.7 Å². The van der Waals surface area contributed by atoms with E-state index in [1.165, 1.54) is 0 Å². The van der Waals surface area contributed by atoms with Crippen molar-refractivity contribution < 1.29 is 23.7 Å². The molecule has 0 amide bonds. The van der Waals surface area contributed by atoms with Gasteiger partial charge in [0.15, 0.2) is 0 Å². The second kappa shape index (κ2) is 17.2. The van der Waals surface area contributed by atoms with Crippen molar-refractivity contribution in [3.63, 3.8) is 0 Å². The quantitative estimate of drug-likeness (QED) is 0.0798. The molecular weight excluding hydrogens is 723 g/mol. The molecule has 9 nitrogen and oxygen atoms in total. The minimum Gasteiger partial charge on any atom is -0.497 e. The second-order valence-corrected chi connectivity index (χ2v) is 13.9. The van der Waals surface area contributed by atoms with Crippen LogP contribution in [0.4, 0.5) is 0 Å². The molecule has 2 heterocycles. The molecule has 2 aliphatic heterocycles. The summed E-state index contributed by atoms with van der Waals surface area (Å²) in [4.78, 5) is 13.3. The average Bonchev–Trinajstić information content (AvgIpc) is 3.58. The Labute approximate surface area is 285 Å². The van der Waals surface area contributed by atoms with E-state index in [-0.39, 0.29) is 11.5 Å². The first-order valence-corrected chi connectivity index (χ1v) is 19.0. The van der Waals surface area contributed by atoms with Crippen LogP contribution in [0.15, 0.2) is 93.8 Å². The molecule has 238 valence electrons. The SMILES string of the molecule is COc1ccc(C(OC[C@@H]2CC[C@H](SN3C=NCC(OCCSI)=N/C=N\C3)O2)(c2ccccc2)c2ccc(OC)cc2)cc1. The summed E-state index contributed by atoms with van der Waals surface area (Å²) in [5, 5.41) is 0. The van der Waals surface area contributed by atoms with Gasteiger partial charge in [0.25, 0.3) is 0 Å². The third kappa shape index (κ3) is 8.94. The molecule has 45 heavy (non-hydrogen) atoms. The molecule has 1 saturated heterocycles. The normalized spacial score (nSPS) is 19.3. The molecule has 5 rings (SSSR count). The van der Waals surface area contributed by atoms with E-state index in [0.29, 0.717) is 32.3 Å². The van der Waals surface area contributed by atoms with Crippen molar-refractivity contribution in [1.29, 1.82) is 0 Å². The van der Waals surface area contributed by atoms with Crippen LogP contribution < -0.4 is 9.47 Å². The fourth-order valence-corrected chi connectivity index (χ4v) is 6.85. The summed E-state index contributed by atoms with van der Waals surface area (Å²) < 4.78 is 32.2. The summed E-state index contributed by atoms with van der Waals surface area (Å²) in [7, 11) is 5.04. The van der Waals surface area contributed by atoms with Gasteiger partial charge >= 0.3 is 0 Å². The van der Waals surface area contributed by atoms with Crippen LogP contribution in [0.25, 0.3) is 0 Å². The summed E-state index contributed by atoms with van der Waals surface area (Å²) in [6.45, 7) is 1.79. The van der Waals surface area contributed by atoms with E-state index in [9.17, 15) is 0 Å². The topological polar surface area (TPSA) is 86.5 Å². The molecule has 3 aromatic carbocycles. The standard InChI is InChI=1S/C33H37IN4O5S2/c1-39-28-12-8-26(9-13-28)33(25-6-4-3-5-7-25,27-10-14-29(40-2)15-11-27)42-21-30-16-17-32(43-30)45-38-23-35-20-31(37-22-36-24-38)41-18-19-44-34/h3-15,22-23,30,32H,16-21,24H2,1-2H3/b35-23?,36-22-,37-31?/t30-,32-/m0/s1. The smallest absolute Gasteiger partial charge is 0.211 e. The summed E-state index contributed by atoms with van der Waals surface area (Å²) in [6.07, 6.45) is 5.01. The van der Waals surface area contributed by atoms with Gasteiger partial charge in [-0.2, -0.15) is 0 Å². The van der Waals surface area contributed by atoms with E-state index in [0.717, 1.165) is 46.8 Å². The maximum absolute atomic E-state index is 7.05. The number of rotatable bonds is 13. The Kier molecular flexibility index (Phi) is 12.9. The van der Waals surface area contributed by atoms with Gasteiger partial charge < -0.3 is 23.7 Å². The minimum absolute atomic E-state index is 0.0496. The molecule has 12 heteroatoms. The number of hydrogen-bond donors (Lipinski definition) is 0. The maximum atomic E-state index is 7.05. The average molecular weight is 761 g/mol. The first-order valence-electron chi connectivity index (χ1n) is 14.6. The molecule has 0 bridgehead atoms. The van der Waals surface area contributed by atoms with Crippen molar-refractivity contribution >= 4 is 60.7 Å². The fourth-order valence-electron chi connectivity index (χ4n) is 5.16. The highest BCUT2D eigenvalue weighted by Gasteiger charge is 2.39. The van der Waals surface area contributed by atoms with Crippen LogP contribution >= 0.6 is 42.1 Å². The van der Waals surface area contributed by atoms with E-state index in [2.05, 4.69) is 72.6 Å². The molecule has 2 aliphatic rings. The van der Waals surface area contributed by atoms with Crippen molar-refractivity contribution in [1.82, 2.24) is 4.31 Å². The number of nitrogens with zero attached hydrogens (tertiary/aromatic N) is 4.